The molecule has 0 bridgehead atoms. The number of anilines is 3. The molecule has 0 amide bonds. The second kappa shape index (κ2) is 15.8. The van der Waals surface area contributed by atoms with E-state index in [9.17, 15) is 0 Å². The lowest BCUT2D eigenvalue weighted by Crippen LogP contribution is -2.13. The highest BCUT2D eigenvalue weighted by atomic mass is 15.2. The van der Waals surface area contributed by atoms with Gasteiger partial charge in [-0.1, -0.05) is 212 Å². The van der Waals surface area contributed by atoms with Crippen LogP contribution in [0, 0.1) is 0 Å². The smallest absolute Gasteiger partial charge is 0.0782 e. The van der Waals surface area contributed by atoms with E-state index in [0.717, 1.165) is 33.8 Å². The third-order valence-corrected chi connectivity index (χ3v) is 12.8. The van der Waals surface area contributed by atoms with Gasteiger partial charge in [0.15, 0.2) is 0 Å². The molecule has 0 atom stereocenters. The molecule has 1 heterocycles. The quantitative estimate of drug-likeness (QED) is 0.148. The van der Waals surface area contributed by atoms with Crippen molar-refractivity contribution in [2.75, 3.05) is 4.90 Å². The zero-order valence-electron chi connectivity index (χ0n) is 35.1. The van der Waals surface area contributed by atoms with Crippen LogP contribution < -0.4 is 4.90 Å². The molecule has 12 aromatic rings. The summed E-state index contributed by atoms with van der Waals surface area (Å²) in [7, 11) is 0. The Morgan fingerprint density at radius 1 is 0.281 bits per heavy atom. The molecule has 1 aromatic heterocycles. The van der Waals surface area contributed by atoms with Crippen molar-refractivity contribution in [3.05, 3.63) is 255 Å². The molecule has 0 saturated carbocycles. The first kappa shape index (κ1) is 37.3. The Morgan fingerprint density at radius 3 is 1.56 bits per heavy atom. The fraction of sp³-hybridized carbons (Fsp3) is 0. The van der Waals surface area contributed by atoms with Crippen molar-refractivity contribution in [3.8, 4) is 50.2 Å². The number of para-hydroxylation sites is 4. The Hall–Kier alpha value is -8.46. The van der Waals surface area contributed by atoms with Gasteiger partial charge in [0.25, 0.3) is 0 Å². The monoisotopic (exact) mass is 814 g/mol. The summed E-state index contributed by atoms with van der Waals surface area (Å²) in [4.78, 5) is 2.48. The number of nitrogens with zero attached hydrogens (tertiary/aromatic N) is 2. The number of fused-ring (bicyclic) bond motifs is 5. The van der Waals surface area contributed by atoms with Gasteiger partial charge in [-0.15, -0.1) is 0 Å². The molecule has 0 N–H and O–H groups in total. The van der Waals surface area contributed by atoms with Gasteiger partial charge in [-0.05, 0) is 103 Å². The average Bonchev–Trinajstić information content (AvgIpc) is 3.72. The molecule has 0 radical (unpaired) electrons. The van der Waals surface area contributed by atoms with Gasteiger partial charge in [-0.25, -0.2) is 0 Å². The van der Waals surface area contributed by atoms with Gasteiger partial charge in [0, 0.05) is 27.7 Å². The molecule has 0 saturated heterocycles. The van der Waals surface area contributed by atoms with Crippen molar-refractivity contribution >= 4 is 60.4 Å². The number of aromatic nitrogens is 1. The van der Waals surface area contributed by atoms with Gasteiger partial charge in [0.1, 0.15) is 0 Å². The van der Waals surface area contributed by atoms with Crippen LogP contribution in [0.1, 0.15) is 0 Å². The van der Waals surface area contributed by atoms with E-state index in [2.05, 4.69) is 264 Å². The van der Waals surface area contributed by atoms with Gasteiger partial charge in [-0.3, -0.25) is 0 Å². The normalized spacial score (nSPS) is 11.4. The van der Waals surface area contributed by atoms with Crippen LogP contribution in [-0.4, -0.2) is 4.57 Å². The first-order valence-electron chi connectivity index (χ1n) is 22.0. The van der Waals surface area contributed by atoms with Crippen molar-refractivity contribution < 1.29 is 0 Å². The Bertz CT molecular complexity index is 3630. The van der Waals surface area contributed by atoms with E-state index in [1.807, 2.05) is 0 Å². The molecular formula is C62H42N2. The fourth-order valence-electron chi connectivity index (χ4n) is 9.88. The SMILES string of the molecule is c1ccc(-c2cccc3cccc(-c4ccccc4N(c4ccc(-c5ccc(-c6cccc7ccccc67)cc5)cc4)c4cccc5c6ccccc6n(-c6ccccc6)c45)c23)cc1. The van der Waals surface area contributed by atoms with Gasteiger partial charge in [0.05, 0.1) is 22.4 Å². The number of benzene rings is 11. The lowest BCUT2D eigenvalue weighted by atomic mass is 9.90. The van der Waals surface area contributed by atoms with Crippen LogP contribution in [0.5, 0.6) is 0 Å². The van der Waals surface area contributed by atoms with E-state index >= 15 is 0 Å². The van der Waals surface area contributed by atoms with E-state index in [1.165, 1.54) is 76.8 Å². The summed E-state index contributed by atoms with van der Waals surface area (Å²) in [5.41, 5.74) is 16.3. The van der Waals surface area contributed by atoms with Crippen LogP contribution >= 0.6 is 0 Å². The first-order valence-corrected chi connectivity index (χ1v) is 22.0. The highest BCUT2D eigenvalue weighted by Gasteiger charge is 2.24. The van der Waals surface area contributed by atoms with Crippen LogP contribution in [0.2, 0.25) is 0 Å². The molecule has 300 valence electrons. The fourth-order valence-corrected chi connectivity index (χ4v) is 9.88. The molecular weight excluding hydrogens is 773 g/mol. The second-order valence-corrected chi connectivity index (χ2v) is 16.4. The minimum absolute atomic E-state index is 1.07. The van der Waals surface area contributed by atoms with Crippen LogP contribution in [0.4, 0.5) is 17.1 Å². The Morgan fingerprint density at radius 2 is 0.781 bits per heavy atom. The minimum Gasteiger partial charge on any atom is -0.308 e. The molecule has 12 rings (SSSR count). The number of rotatable bonds is 8. The molecule has 0 spiro atoms. The molecule has 11 aromatic carbocycles. The summed E-state index contributed by atoms with van der Waals surface area (Å²) in [6, 6.07) is 92.7. The molecule has 0 aliphatic rings. The molecule has 0 aliphatic carbocycles. The Balaban J connectivity index is 1.07. The van der Waals surface area contributed by atoms with E-state index in [4.69, 9.17) is 0 Å². The van der Waals surface area contributed by atoms with Crippen molar-refractivity contribution in [3.63, 3.8) is 0 Å². The summed E-state index contributed by atoms with van der Waals surface area (Å²) in [6.45, 7) is 0. The van der Waals surface area contributed by atoms with Crippen LogP contribution in [0.3, 0.4) is 0 Å². The van der Waals surface area contributed by atoms with Crippen LogP contribution in [0.15, 0.2) is 255 Å². The predicted molar refractivity (Wildman–Crippen MR) is 272 cm³/mol. The maximum absolute atomic E-state index is 2.48. The van der Waals surface area contributed by atoms with Gasteiger partial charge < -0.3 is 9.47 Å². The van der Waals surface area contributed by atoms with Crippen LogP contribution in [-0.2, 0) is 0 Å². The summed E-state index contributed by atoms with van der Waals surface area (Å²) >= 11 is 0. The van der Waals surface area contributed by atoms with Crippen molar-refractivity contribution in [2.45, 2.75) is 0 Å². The molecule has 2 nitrogen and oxygen atoms in total. The summed E-state index contributed by atoms with van der Waals surface area (Å²) in [5.74, 6) is 0. The van der Waals surface area contributed by atoms with Gasteiger partial charge in [-0.2, -0.15) is 0 Å². The lowest BCUT2D eigenvalue weighted by molar-refractivity contribution is 1.17. The third-order valence-electron chi connectivity index (χ3n) is 12.8. The third kappa shape index (κ3) is 6.35. The molecule has 0 fully saturated rings. The zero-order valence-corrected chi connectivity index (χ0v) is 35.1. The van der Waals surface area contributed by atoms with Gasteiger partial charge >= 0.3 is 0 Å². The highest BCUT2D eigenvalue weighted by molar-refractivity contribution is 6.15. The van der Waals surface area contributed by atoms with Crippen molar-refractivity contribution in [2.24, 2.45) is 0 Å². The van der Waals surface area contributed by atoms with E-state index < -0.39 is 0 Å². The van der Waals surface area contributed by atoms with E-state index in [0.29, 0.717) is 0 Å². The van der Waals surface area contributed by atoms with Crippen molar-refractivity contribution in [1.29, 1.82) is 0 Å². The minimum atomic E-state index is 1.07. The first-order chi connectivity index (χ1) is 31.8. The molecule has 0 aliphatic heterocycles. The van der Waals surface area contributed by atoms with E-state index in [1.54, 1.807) is 0 Å². The Labute approximate surface area is 373 Å². The zero-order chi connectivity index (χ0) is 42.4. The summed E-state index contributed by atoms with van der Waals surface area (Å²) in [5, 5.41) is 7.40. The average molecular weight is 815 g/mol. The van der Waals surface area contributed by atoms with Crippen LogP contribution in [0.25, 0.3) is 93.5 Å². The second-order valence-electron chi connectivity index (χ2n) is 16.4. The summed E-state index contributed by atoms with van der Waals surface area (Å²) in [6.07, 6.45) is 0. The highest BCUT2D eigenvalue weighted by Crippen LogP contribution is 2.48. The maximum Gasteiger partial charge on any atom is 0.0782 e. The Kier molecular flexibility index (Phi) is 9.20. The number of hydrogen-bond donors (Lipinski definition) is 0. The molecule has 0 unspecified atom stereocenters. The van der Waals surface area contributed by atoms with E-state index in [-0.39, 0.29) is 0 Å². The standard InChI is InChI=1S/C62H42N2/c1-3-17-46(18-4-1)53-29-14-21-48-22-15-30-56(61(48)53)54-26-9-11-32-58(54)63(60-34-16-31-57-55-27-10-12-33-59(55)64(62(57)60)49-23-5-2-6-24-49)50-41-39-44(40-42-50)43-35-37-47(38-36-43)52-28-13-20-45-19-7-8-25-51(45)52/h1-42H. The summed E-state index contributed by atoms with van der Waals surface area (Å²) < 4.78 is 2.44. The lowest BCUT2D eigenvalue weighted by Gasteiger charge is -2.29. The molecule has 64 heavy (non-hydrogen) atoms. The van der Waals surface area contributed by atoms with Crippen molar-refractivity contribution in [1.82, 2.24) is 4.57 Å². The maximum atomic E-state index is 2.48. The predicted octanol–water partition coefficient (Wildman–Crippen LogP) is 17.2. The van der Waals surface area contributed by atoms with Gasteiger partial charge in [0.2, 0.25) is 0 Å². The largest absolute Gasteiger partial charge is 0.308 e. The molecule has 2 heteroatoms. The topological polar surface area (TPSA) is 8.17 Å². The number of hydrogen-bond acceptors (Lipinski definition) is 1.